The second kappa shape index (κ2) is 4.66. The lowest BCUT2D eigenvalue weighted by atomic mass is 10.0. The highest BCUT2D eigenvalue weighted by Crippen LogP contribution is 2.26. The Labute approximate surface area is 99.6 Å². The first-order valence-corrected chi connectivity index (χ1v) is 5.61. The van der Waals surface area contributed by atoms with Gasteiger partial charge in [0.15, 0.2) is 0 Å². The minimum absolute atomic E-state index is 0.316. The lowest BCUT2D eigenvalue weighted by Crippen LogP contribution is -1.95. The number of aryl methyl sites for hydroxylation is 2. The number of hydrogen-bond acceptors (Lipinski definition) is 0. The summed E-state index contributed by atoms with van der Waals surface area (Å²) >= 11 is 0. The van der Waals surface area contributed by atoms with E-state index in [1.165, 1.54) is 6.07 Å². The van der Waals surface area contributed by atoms with Crippen molar-refractivity contribution in [3.63, 3.8) is 0 Å². The van der Waals surface area contributed by atoms with Gasteiger partial charge in [-0.3, -0.25) is 0 Å². The molecule has 0 saturated carbocycles. The standard InChI is InChI=1S/C15H14F2/c1-3-4-5-11-9-14(16)13-8-10(2)6-7-12(13)15(11)17/h3,6-9H,1,4-5H2,2H3. The first-order chi connectivity index (χ1) is 8.13. The molecule has 0 heterocycles. The van der Waals surface area contributed by atoms with E-state index in [1.54, 1.807) is 24.3 Å². The van der Waals surface area contributed by atoms with Crippen LogP contribution in [0.25, 0.3) is 10.8 Å². The quantitative estimate of drug-likeness (QED) is 0.681. The van der Waals surface area contributed by atoms with Crippen LogP contribution in [0.3, 0.4) is 0 Å². The van der Waals surface area contributed by atoms with Crippen LogP contribution >= 0.6 is 0 Å². The van der Waals surface area contributed by atoms with E-state index < -0.39 is 0 Å². The molecule has 0 saturated heterocycles. The van der Waals surface area contributed by atoms with Gasteiger partial charge in [0.25, 0.3) is 0 Å². The highest BCUT2D eigenvalue weighted by molar-refractivity contribution is 5.85. The summed E-state index contributed by atoms with van der Waals surface area (Å²) in [7, 11) is 0. The summed E-state index contributed by atoms with van der Waals surface area (Å²) in [6.07, 6.45) is 2.83. The average molecular weight is 232 g/mol. The molecule has 0 fully saturated rings. The molecule has 2 aromatic carbocycles. The van der Waals surface area contributed by atoms with E-state index in [0.717, 1.165) is 5.56 Å². The van der Waals surface area contributed by atoms with Gasteiger partial charge in [-0.1, -0.05) is 23.8 Å². The minimum Gasteiger partial charge on any atom is -0.206 e. The smallest absolute Gasteiger partial charge is 0.134 e. The minimum atomic E-state index is -0.357. The Balaban J connectivity index is 2.63. The van der Waals surface area contributed by atoms with E-state index in [2.05, 4.69) is 6.58 Å². The summed E-state index contributed by atoms with van der Waals surface area (Å²) in [4.78, 5) is 0. The maximum Gasteiger partial charge on any atom is 0.134 e. The van der Waals surface area contributed by atoms with E-state index in [9.17, 15) is 8.78 Å². The van der Waals surface area contributed by atoms with Crippen LogP contribution in [0.4, 0.5) is 8.78 Å². The molecule has 0 radical (unpaired) electrons. The number of hydrogen-bond donors (Lipinski definition) is 0. The zero-order valence-corrected chi connectivity index (χ0v) is 9.76. The maximum atomic E-state index is 14.1. The molecule has 0 aliphatic rings. The fourth-order valence-corrected chi connectivity index (χ4v) is 1.95. The topological polar surface area (TPSA) is 0 Å². The Morgan fingerprint density at radius 3 is 2.65 bits per heavy atom. The summed E-state index contributed by atoms with van der Waals surface area (Å²) in [6, 6.07) is 6.40. The second-order valence-corrected chi connectivity index (χ2v) is 4.21. The van der Waals surface area contributed by atoms with Gasteiger partial charge in [-0.2, -0.15) is 0 Å². The third kappa shape index (κ3) is 2.21. The second-order valence-electron chi connectivity index (χ2n) is 4.21. The SMILES string of the molecule is C=CCCc1cc(F)c2cc(C)ccc2c1F. The maximum absolute atomic E-state index is 14.1. The van der Waals surface area contributed by atoms with Crippen molar-refractivity contribution in [1.29, 1.82) is 0 Å². The van der Waals surface area contributed by atoms with Crippen LogP contribution in [0.2, 0.25) is 0 Å². The summed E-state index contributed by atoms with van der Waals surface area (Å²) in [6.45, 7) is 5.45. The largest absolute Gasteiger partial charge is 0.206 e. The van der Waals surface area contributed by atoms with Crippen molar-refractivity contribution in [2.45, 2.75) is 19.8 Å². The molecule has 0 N–H and O–H groups in total. The monoisotopic (exact) mass is 232 g/mol. The molecule has 2 rings (SSSR count). The lowest BCUT2D eigenvalue weighted by Gasteiger charge is -2.08. The van der Waals surface area contributed by atoms with Crippen LogP contribution < -0.4 is 0 Å². The van der Waals surface area contributed by atoms with Crippen molar-refractivity contribution in [2.24, 2.45) is 0 Å². The normalized spacial score (nSPS) is 10.8. The number of benzene rings is 2. The van der Waals surface area contributed by atoms with Crippen molar-refractivity contribution in [1.82, 2.24) is 0 Å². The summed E-state index contributed by atoms with van der Waals surface area (Å²) < 4.78 is 27.9. The molecule has 0 aliphatic carbocycles. The molecular weight excluding hydrogens is 218 g/mol. The van der Waals surface area contributed by atoms with Gasteiger partial charge < -0.3 is 0 Å². The molecule has 2 aromatic rings. The summed E-state index contributed by atoms with van der Waals surface area (Å²) in [5, 5.41) is 0.708. The Kier molecular flexibility index (Phi) is 3.23. The highest BCUT2D eigenvalue weighted by Gasteiger charge is 2.11. The molecule has 0 unspecified atom stereocenters. The lowest BCUT2D eigenvalue weighted by molar-refractivity contribution is 0.602. The number of halogens is 2. The van der Waals surface area contributed by atoms with Crippen molar-refractivity contribution < 1.29 is 8.78 Å². The Hall–Kier alpha value is -1.70. The van der Waals surface area contributed by atoms with Gasteiger partial charge in [-0.05, 0) is 37.5 Å². The molecule has 17 heavy (non-hydrogen) atoms. The molecule has 0 aliphatic heterocycles. The van der Waals surface area contributed by atoms with Crippen LogP contribution in [0, 0.1) is 18.6 Å². The zero-order valence-electron chi connectivity index (χ0n) is 9.76. The van der Waals surface area contributed by atoms with Crippen LogP contribution in [-0.4, -0.2) is 0 Å². The Morgan fingerprint density at radius 1 is 1.18 bits per heavy atom. The fourth-order valence-electron chi connectivity index (χ4n) is 1.95. The van der Waals surface area contributed by atoms with Gasteiger partial charge in [0, 0.05) is 10.8 Å². The van der Waals surface area contributed by atoms with Crippen LogP contribution in [-0.2, 0) is 6.42 Å². The number of rotatable bonds is 3. The zero-order chi connectivity index (χ0) is 12.4. The van der Waals surface area contributed by atoms with E-state index in [0.29, 0.717) is 29.2 Å². The van der Waals surface area contributed by atoms with Gasteiger partial charge in [0.05, 0.1) is 0 Å². The third-order valence-corrected chi connectivity index (χ3v) is 2.87. The van der Waals surface area contributed by atoms with E-state index >= 15 is 0 Å². The average Bonchev–Trinajstić information content (AvgIpc) is 2.32. The van der Waals surface area contributed by atoms with Crippen LogP contribution in [0.1, 0.15) is 17.5 Å². The summed E-state index contributed by atoms with van der Waals surface area (Å²) in [5.74, 6) is -0.674. The van der Waals surface area contributed by atoms with Crippen molar-refractivity contribution >= 4 is 10.8 Å². The molecule has 88 valence electrons. The first-order valence-electron chi connectivity index (χ1n) is 5.61. The predicted octanol–water partition coefficient (Wildman–Crippen LogP) is 4.55. The van der Waals surface area contributed by atoms with E-state index in [1.807, 2.05) is 6.92 Å². The molecule has 0 atom stereocenters. The van der Waals surface area contributed by atoms with Gasteiger partial charge in [0.2, 0.25) is 0 Å². The Morgan fingerprint density at radius 2 is 1.94 bits per heavy atom. The molecule has 0 amide bonds. The molecule has 0 spiro atoms. The van der Waals surface area contributed by atoms with Crippen LogP contribution in [0.5, 0.6) is 0 Å². The van der Waals surface area contributed by atoms with Crippen LogP contribution in [0.15, 0.2) is 36.9 Å². The molecule has 0 nitrogen and oxygen atoms in total. The van der Waals surface area contributed by atoms with Gasteiger partial charge >= 0.3 is 0 Å². The molecule has 0 aromatic heterocycles. The van der Waals surface area contributed by atoms with Gasteiger partial charge in [0.1, 0.15) is 11.6 Å². The third-order valence-electron chi connectivity index (χ3n) is 2.87. The highest BCUT2D eigenvalue weighted by atomic mass is 19.1. The fraction of sp³-hybridized carbons (Fsp3) is 0.200. The van der Waals surface area contributed by atoms with E-state index in [4.69, 9.17) is 0 Å². The first kappa shape index (κ1) is 11.8. The van der Waals surface area contributed by atoms with Crippen molar-refractivity contribution in [3.8, 4) is 0 Å². The van der Waals surface area contributed by atoms with E-state index in [-0.39, 0.29) is 11.6 Å². The number of allylic oxidation sites excluding steroid dienone is 1. The van der Waals surface area contributed by atoms with Crippen molar-refractivity contribution in [3.05, 3.63) is 59.7 Å². The predicted molar refractivity (Wildman–Crippen MR) is 67.1 cm³/mol. The van der Waals surface area contributed by atoms with Crippen molar-refractivity contribution in [2.75, 3.05) is 0 Å². The number of fused-ring (bicyclic) bond motifs is 1. The summed E-state index contributed by atoms with van der Waals surface area (Å²) in [5.41, 5.74) is 1.34. The molecular formula is C15H14F2. The van der Waals surface area contributed by atoms with Gasteiger partial charge in [-0.15, -0.1) is 6.58 Å². The molecule has 2 heteroatoms. The Bertz CT molecular complexity index is 571. The molecule has 0 bridgehead atoms. The van der Waals surface area contributed by atoms with Gasteiger partial charge in [-0.25, -0.2) is 8.78 Å².